The van der Waals surface area contributed by atoms with Gasteiger partial charge in [-0.15, -0.1) is 0 Å². The molecule has 3 aromatic rings. The van der Waals surface area contributed by atoms with Gasteiger partial charge in [0.25, 0.3) is 0 Å². The van der Waals surface area contributed by atoms with Crippen molar-refractivity contribution in [2.24, 2.45) is 0 Å². The Labute approximate surface area is 158 Å². The zero-order valence-electron chi connectivity index (χ0n) is 14.8. The highest BCUT2D eigenvalue weighted by molar-refractivity contribution is 5.98. The molecule has 2 amide bonds. The first kappa shape index (κ1) is 18.1. The fourth-order valence-electron chi connectivity index (χ4n) is 2.54. The highest BCUT2D eigenvalue weighted by atomic mass is 16.2. The van der Waals surface area contributed by atoms with Gasteiger partial charge in [-0.3, -0.25) is 9.59 Å². The van der Waals surface area contributed by atoms with Crippen molar-refractivity contribution in [1.29, 1.82) is 0 Å². The largest absolute Gasteiger partial charge is 0.343 e. The van der Waals surface area contributed by atoms with Gasteiger partial charge in [0.15, 0.2) is 0 Å². The molecular formula is C23H20N2O2. The predicted octanol–water partition coefficient (Wildman–Crippen LogP) is 4.12. The molecule has 0 aromatic heterocycles. The molecule has 2 N–H and O–H groups in total. The monoisotopic (exact) mass is 356 g/mol. The first-order valence-corrected chi connectivity index (χ1v) is 8.67. The Bertz CT molecular complexity index is 918. The Morgan fingerprint density at radius 2 is 1.33 bits per heavy atom. The predicted molar refractivity (Wildman–Crippen MR) is 109 cm³/mol. The number of nitrogens with one attached hydrogen (secondary N) is 2. The number of carbonyl (C=O) groups is 2. The van der Waals surface area contributed by atoms with Crippen LogP contribution in [0, 0.1) is 0 Å². The van der Waals surface area contributed by atoms with Crippen molar-refractivity contribution in [2.75, 3.05) is 11.9 Å². The summed E-state index contributed by atoms with van der Waals surface area (Å²) in [5.41, 5.74) is 3.81. The summed E-state index contributed by atoms with van der Waals surface area (Å²) in [6.45, 7) is -0.0849. The van der Waals surface area contributed by atoms with Crippen LogP contribution < -0.4 is 10.6 Å². The Kier molecular flexibility index (Phi) is 6.15. The van der Waals surface area contributed by atoms with Crippen LogP contribution in [0.5, 0.6) is 0 Å². The first-order valence-electron chi connectivity index (χ1n) is 8.67. The van der Waals surface area contributed by atoms with Crippen molar-refractivity contribution in [1.82, 2.24) is 5.32 Å². The van der Waals surface area contributed by atoms with Gasteiger partial charge in [0.1, 0.15) is 0 Å². The molecule has 0 fully saturated rings. The number of rotatable bonds is 6. The van der Waals surface area contributed by atoms with E-state index in [2.05, 4.69) is 10.6 Å². The average Bonchev–Trinajstić information content (AvgIpc) is 2.73. The summed E-state index contributed by atoms with van der Waals surface area (Å²) in [4.78, 5) is 23.8. The van der Waals surface area contributed by atoms with Crippen LogP contribution in [0.2, 0.25) is 0 Å². The Hall–Kier alpha value is -3.66. The fourth-order valence-corrected chi connectivity index (χ4v) is 2.54. The topological polar surface area (TPSA) is 58.2 Å². The number of amides is 2. The van der Waals surface area contributed by atoms with E-state index in [-0.39, 0.29) is 18.4 Å². The van der Waals surface area contributed by atoms with Gasteiger partial charge in [0.05, 0.1) is 6.54 Å². The minimum Gasteiger partial charge on any atom is -0.343 e. The summed E-state index contributed by atoms with van der Waals surface area (Å²) < 4.78 is 0. The molecule has 0 atom stereocenters. The van der Waals surface area contributed by atoms with Crippen LogP contribution in [0.4, 0.5) is 5.69 Å². The smallest absolute Gasteiger partial charge is 0.244 e. The average molecular weight is 356 g/mol. The Morgan fingerprint density at radius 3 is 2.00 bits per heavy atom. The molecule has 0 spiro atoms. The molecule has 0 bridgehead atoms. The first-order chi connectivity index (χ1) is 13.2. The van der Waals surface area contributed by atoms with E-state index in [0.29, 0.717) is 5.69 Å². The summed E-state index contributed by atoms with van der Waals surface area (Å²) in [7, 11) is 0. The van der Waals surface area contributed by atoms with Gasteiger partial charge in [0, 0.05) is 11.8 Å². The standard InChI is InChI=1S/C23H20N2O2/c26-22(16-11-18-7-3-1-4-8-18)24-17-23(27)25-21-14-12-20(13-15-21)19-9-5-2-6-10-19/h1-16H,17H2,(H,24,26)(H,25,27)/b16-11+. The van der Waals surface area contributed by atoms with Crippen LogP contribution in [0.15, 0.2) is 91.0 Å². The molecule has 27 heavy (non-hydrogen) atoms. The second-order valence-electron chi connectivity index (χ2n) is 5.95. The number of anilines is 1. The van der Waals surface area contributed by atoms with Crippen molar-refractivity contribution in [3.8, 4) is 11.1 Å². The van der Waals surface area contributed by atoms with Crippen molar-refractivity contribution >= 4 is 23.6 Å². The third-order valence-electron chi connectivity index (χ3n) is 3.93. The molecule has 0 radical (unpaired) electrons. The molecular weight excluding hydrogens is 336 g/mol. The molecule has 4 heteroatoms. The van der Waals surface area contributed by atoms with E-state index >= 15 is 0 Å². The quantitative estimate of drug-likeness (QED) is 0.653. The van der Waals surface area contributed by atoms with E-state index in [1.54, 1.807) is 6.08 Å². The fraction of sp³-hybridized carbons (Fsp3) is 0.0435. The van der Waals surface area contributed by atoms with Crippen molar-refractivity contribution in [3.63, 3.8) is 0 Å². The molecule has 0 saturated heterocycles. The van der Waals surface area contributed by atoms with E-state index in [0.717, 1.165) is 16.7 Å². The summed E-state index contributed by atoms with van der Waals surface area (Å²) in [6, 6.07) is 27.1. The van der Waals surface area contributed by atoms with Crippen LogP contribution >= 0.6 is 0 Å². The molecule has 0 saturated carbocycles. The third kappa shape index (κ3) is 5.68. The molecule has 3 rings (SSSR count). The number of benzene rings is 3. The van der Waals surface area contributed by atoms with Gasteiger partial charge < -0.3 is 10.6 Å². The molecule has 134 valence electrons. The molecule has 3 aromatic carbocycles. The number of hydrogen-bond acceptors (Lipinski definition) is 2. The molecule has 4 nitrogen and oxygen atoms in total. The highest BCUT2D eigenvalue weighted by Gasteiger charge is 2.04. The van der Waals surface area contributed by atoms with Crippen LogP contribution in [-0.4, -0.2) is 18.4 Å². The van der Waals surface area contributed by atoms with Crippen LogP contribution in [0.3, 0.4) is 0 Å². The van der Waals surface area contributed by atoms with Crippen molar-refractivity contribution in [2.45, 2.75) is 0 Å². The Morgan fingerprint density at radius 1 is 0.741 bits per heavy atom. The van der Waals surface area contributed by atoms with Gasteiger partial charge in [-0.25, -0.2) is 0 Å². The second-order valence-corrected chi connectivity index (χ2v) is 5.95. The second kappa shape index (κ2) is 9.15. The summed E-state index contributed by atoms with van der Waals surface area (Å²) in [5, 5.41) is 5.34. The highest BCUT2D eigenvalue weighted by Crippen LogP contribution is 2.20. The van der Waals surface area contributed by atoms with Gasteiger partial charge in [-0.05, 0) is 34.9 Å². The summed E-state index contributed by atoms with van der Waals surface area (Å²) >= 11 is 0. The van der Waals surface area contributed by atoms with Crippen LogP contribution in [0.1, 0.15) is 5.56 Å². The van der Waals surface area contributed by atoms with Crippen molar-refractivity contribution < 1.29 is 9.59 Å². The van der Waals surface area contributed by atoms with Gasteiger partial charge in [0.2, 0.25) is 11.8 Å². The van der Waals surface area contributed by atoms with E-state index in [9.17, 15) is 9.59 Å². The summed E-state index contributed by atoms with van der Waals surface area (Å²) in [6.07, 6.45) is 3.12. The molecule has 0 aliphatic heterocycles. The van der Waals surface area contributed by atoms with E-state index in [4.69, 9.17) is 0 Å². The van der Waals surface area contributed by atoms with Crippen molar-refractivity contribution in [3.05, 3.63) is 96.6 Å². The minimum atomic E-state index is -0.312. The van der Waals surface area contributed by atoms with Crippen LogP contribution in [0.25, 0.3) is 17.2 Å². The maximum Gasteiger partial charge on any atom is 0.244 e. The Balaban J connectivity index is 1.48. The molecule has 0 unspecified atom stereocenters. The minimum absolute atomic E-state index is 0.0849. The van der Waals surface area contributed by atoms with Gasteiger partial charge >= 0.3 is 0 Å². The molecule has 0 heterocycles. The third-order valence-corrected chi connectivity index (χ3v) is 3.93. The maximum absolute atomic E-state index is 12.0. The lowest BCUT2D eigenvalue weighted by Gasteiger charge is -2.07. The lowest BCUT2D eigenvalue weighted by molar-refractivity contribution is -0.121. The van der Waals surface area contributed by atoms with E-state index in [1.807, 2.05) is 84.9 Å². The van der Waals surface area contributed by atoms with E-state index in [1.165, 1.54) is 6.08 Å². The lowest BCUT2D eigenvalue weighted by atomic mass is 10.1. The zero-order chi connectivity index (χ0) is 18.9. The maximum atomic E-state index is 12.0. The number of hydrogen-bond donors (Lipinski definition) is 2. The molecule has 0 aliphatic rings. The van der Waals surface area contributed by atoms with Crippen LogP contribution in [-0.2, 0) is 9.59 Å². The zero-order valence-corrected chi connectivity index (χ0v) is 14.8. The SMILES string of the molecule is O=C(/C=C/c1ccccc1)NCC(=O)Nc1ccc(-c2ccccc2)cc1. The lowest BCUT2D eigenvalue weighted by Crippen LogP contribution is -2.31. The summed E-state index contributed by atoms with van der Waals surface area (Å²) in [5.74, 6) is -0.586. The van der Waals surface area contributed by atoms with Gasteiger partial charge in [-0.1, -0.05) is 72.8 Å². The normalized spacial score (nSPS) is 10.5. The van der Waals surface area contributed by atoms with E-state index < -0.39 is 0 Å². The number of carbonyl (C=O) groups excluding carboxylic acids is 2. The van der Waals surface area contributed by atoms with Gasteiger partial charge in [-0.2, -0.15) is 0 Å². The molecule has 0 aliphatic carbocycles.